The molecule has 0 rings (SSSR count). The van der Waals surface area contributed by atoms with Gasteiger partial charge in [-0.1, -0.05) is 0 Å². The van der Waals surface area contributed by atoms with Gasteiger partial charge in [0.25, 0.3) is 6.43 Å². The number of carbonyl (C=O) groups is 1. The number of halogens is 2. The molecule has 0 spiro atoms. The van der Waals surface area contributed by atoms with E-state index in [-0.39, 0.29) is 13.2 Å². The average Bonchev–Trinajstić information content (AvgIpc) is 2.01. The second kappa shape index (κ2) is 5.94. The summed E-state index contributed by atoms with van der Waals surface area (Å²) >= 11 is 0. The molecule has 0 aliphatic carbocycles. The monoisotopic (exact) mass is 227 g/mol. The largest absolute Gasteiger partial charge is 0.479 e. The smallest absolute Gasteiger partial charge is 0.336 e. The molecule has 0 aromatic heterocycles. The highest BCUT2D eigenvalue weighted by Crippen LogP contribution is 2.08. The first-order valence-corrected chi connectivity index (χ1v) is 4.36. The number of aliphatic hydroxyl groups excluding tert-OH is 1. The molecule has 0 fully saturated rings. The van der Waals surface area contributed by atoms with Crippen molar-refractivity contribution >= 4 is 5.97 Å². The molecule has 0 radical (unpaired) electrons. The predicted molar refractivity (Wildman–Crippen MR) is 47.8 cm³/mol. The standard InChI is InChI=1S/C8H15F2NO4/c1-8(15,7(13)14)5-11(2-3-12)4-6(9)10/h6,12,15H,2-5H2,1H3,(H,13,14). The Balaban J connectivity index is 4.32. The summed E-state index contributed by atoms with van der Waals surface area (Å²) in [7, 11) is 0. The first-order chi connectivity index (χ1) is 6.79. The molecule has 0 bridgehead atoms. The topological polar surface area (TPSA) is 81.0 Å². The fraction of sp³-hybridized carbons (Fsp3) is 0.875. The maximum absolute atomic E-state index is 12.0. The summed E-state index contributed by atoms with van der Waals surface area (Å²) in [6.07, 6.45) is -2.64. The fourth-order valence-corrected chi connectivity index (χ4v) is 1.07. The zero-order chi connectivity index (χ0) is 12.1. The predicted octanol–water partition coefficient (Wildman–Crippen LogP) is -0.619. The summed E-state index contributed by atoms with van der Waals surface area (Å²) in [6.45, 7) is -0.585. The Hall–Kier alpha value is -0.790. The second-order valence-electron chi connectivity index (χ2n) is 3.43. The average molecular weight is 227 g/mol. The van der Waals surface area contributed by atoms with E-state index < -0.39 is 31.1 Å². The molecule has 0 aliphatic rings. The number of nitrogens with zero attached hydrogens (tertiary/aromatic N) is 1. The van der Waals surface area contributed by atoms with E-state index in [1.807, 2.05) is 0 Å². The van der Waals surface area contributed by atoms with Gasteiger partial charge in [-0.2, -0.15) is 0 Å². The molecule has 90 valence electrons. The van der Waals surface area contributed by atoms with E-state index in [1.54, 1.807) is 0 Å². The first-order valence-electron chi connectivity index (χ1n) is 4.36. The molecule has 0 amide bonds. The van der Waals surface area contributed by atoms with Crippen LogP contribution in [-0.4, -0.2) is 64.5 Å². The van der Waals surface area contributed by atoms with Gasteiger partial charge in [0.05, 0.1) is 13.2 Å². The van der Waals surface area contributed by atoms with Crippen LogP contribution in [0.5, 0.6) is 0 Å². The summed E-state index contributed by atoms with van der Waals surface area (Å²) in [5.41, 5.74) is -2.09. The molecular formula is C8H15F2NO4. The molecule has 3 N–H and O–H groups in total. The number of aliphatic hydroxyl groups is 2. The third-order valence-corrected chi connectivity index (χ3v) is 1.80. The van der Waals surface area contributed by atoms with Gasteiger partial charge in [0.15, 0.2) is 5.60 Å². The van der Waals surface area contributed by atoms with E-state index in [9.17, 15) is 18.7 Å². The molecule has 0 heterocycles. The third-order valence-electron chi connectivity index (χ3n) is 1.80. The van der Waals surface area contributed by atoms with Gasteiger partial charge in [-0.15, -0.1) is 0 Å². The van der Waals surface area contributed by atoms with Gasteiger partial charge in [-0.3, -0.25) is 4.90 Å². The molecule has 5 nitrogen and oxygen atoms in total. The van der Waals surface area contributed by atoms with E-state index in [0.717, 1.165) is 11.8 Å². The van der Waals surface area contributed by atoms with Crippen LogP contribution >= 0.6 is 0 Å². The van der Waals surface area contributed by atoms with E-state index >= 15 is 0 Å². The van der Waals surface area contributed by atoms with Crippen molar-refractivity contribution in [3.63, 3.8) is 0 Å². The molecule has 0 saturated carbocycles. The van der Waals surface area contributed by atoms with Crippen molar-refractivity contribution in [2.45, 2.75) is 19.0 Å². The molecule has 1 atom stereocenters. The van der Waals surface area contributed by atoms with Crippen LogP contribution < -0.4 is 0 Å². The van der Waals surface area contributed by atoms with Crippen molar-refractivity contribution in [2.75, 3.05) is 26.2 Å². The Labute approximate surface area is 85.9 Å². The second-order valence-corrected chi connectivity index (χ2v) is 3.43. The van der Waals surface area contributed by atoms with Crippen LogP contribution in [0.3, 0.4) is 0 Å². The Kier molecular flexibility index (Phi) is 5.63. The van der Waals surface area contributed by atoms with Crippen molar-refractivity contribution in [3.05, 3.63) is 0 Å². The van der Waals surface area contributed by atoms with Gasteiger partial charge in [0, 0.05) is 13.1 Å². The summed E-state index contributed by atoms with van der Waals surface area (Å²) in [5.74, 6) is -1.49. The van der Waals surface area contributed by atoms with E-state index in [4.69, 9.17) is 10.2 Å². The van der Waals surface area contributed by atoms with Crippen LogP contribution in [0.15, 0.2) is 0 Å². The molecule has 15 heavy (non-hydrogen) atoms. The fourth-order valence-electron chi connectivity index (χ4n) is 1.07. The number of carboxylic acid groups (broad SMARTS) is 1. The van der Waals surface area contributed by atoms with Gasteiger partial charge in [-0.05, 0) is 6.92 Å². The van der Waals surface area contributed by atoms with Crippen molar-refractivity contribution in [1.29, 1.82) is 0 Å². The Bertz CT molecular complexity index is 211. The van der Waals surface area contributed by atoms with Crippen molar-refractivity contribution in [1.82, 2.24) is 4.90 Å². The lowest BCUT2D eigenvalue weighted by Crippen LogP contribution is -2.48. The normalized spacial score (nSPS) is 15.7. The maximum Gasteiger partial charge on any atom is 0.336 e. The lowest BCUT2D eigenvalue weighted by atomic mass is 10.1. The summed E-state index contributed by atoms with van der Waals surface area (Å²) in [5, 5.41) is 26.5. The molecule has 0 saturated heterocycles. The minimum absolute atomic E-state index is 0.103. The molecule has 0 aliphatic heterocycles. The van der Waals surface area contributed by atoms with E-state index in [2.05, 4.69) is 0 Å². The number of hydrogen-bond donors (Lipinski definition) is 3. The zero-order valence-corrected chi connectivity index (χ0v) is 8.36. The van der Waals surface area contributed by atoms with Crippen LogP contribution in [0.4, 0.5) is 8.78 Å². The highest BCUT2D eigenvalue weighted by molar-refractivity contribution is 5.76. The SMILES string of the molecule is CC(O)(CN(CCO)CC(F)F)C(=O)O. The third kappa shape index (κ3) is 5.60. The number of carboxylic acids is 1. The van der Waals surface area contributed by atoms with Crippen LogP contribution in [0, 0.1) is 0 Å². The minimum atomic E-state index is -2.64. The lowest BCUT2D eigenvalue weighted by molar-refractivity contribution is -0.159. The van der Waals surface area contributed by atoms with E-state index in [0.29, 0.717) is 0 Å². The number of aliphatic carboxylic acids is 1. The van der Waals surface area contributed by atoms with Crippen LogP contribution in [-0.2, 0) is 4.79 Å². The summed E-state index contributed by atoms with van der Waals surface area (Å²) in [6, 6.07) is 0. The van der Waals surface area contributed by atoms with Crippen LogP contribution in [0.25, 0.3) is 0 Å². The van der Waals surface area contributed by atoms with Gasteiger partial charge in [0.1, 0.15) is 0 Å². The molecule has 0 aromatic carbocycles. The summed E-state index contributed by atoms with van der Waals surface area (Å²) in [4.78, 5) is 11.5. The quantitative estimate of drug-likeness (QED) is 0.540. The zero-order valence-electron chi connectivity index (χ0n) is 8.36. The maximum atomic E-state index is 12.0. The van der Waals surface area contributed by atoms with Crippen LogP contribution in [0.2, 0.25) is 0 Å². The highest BCUT2D eigenvalue weighted by atomic mass is 19.3. The minimum Gasteiger partial charge on any atom is -0.479 e. The van der Waals surface area contributed by atoms with Crippen LogP contribution in [0.1, 0.15) is 6.92 Å². The van der Waals surface area contributed by atoms with Gasteiger partial charge >= 0.3 is 5.97 Å². The van der Waals surface area contributed by atoms with Gasteiger partial charge < -0.3 is 15.3 Å². The Morgan fingerprint density at radius 3 is 2.40 bits per heavy atom. The molecule has 1 unspecified atom stereocenters. The van der Waals surface area contributed by atoms with Crippen molar-refractivity contribution in [2.24, 2.45) is 0 Å². The van der Waals surface area contributed by atoms with Gasteiger partial charge in [-0.25, -0.2) is 13.6 Å². The number of hydrogen-bond acceptors (Lipinski definition) is 4. The first kappa shape index (κ1) is 14.2. The Morgan fingerprint density at radius 2 is 2.07 bits per heavy atom. The van der Waals surface area contributed by atoms with Crippen molar-refractivity contribution in [3.8, 4) is 0 Å². The molecular weight excluding hydrogens is 212 g/mol. The number of rotatable bonds is 7. The molecule has 0 aromatic rings. The van der Waals surface area contributed by atoms with Gasteiger partial charge in [0.2, 0.25) is 0 Å². The van der Waals surface area contributed by atoms with Crippen molar-refractivity contribution < 1.29 is 28.9 Å². The van der Waals surface area contributed by atoms with E-state index in [1.165, 1.54) is 0 Å². The Morgan fingerprint density at radius 1 is 1.53 bits per heavy atom. The summed E-state index contributed by atoms with van der Waals surface area (Å²) < 4.78 is 24.1. The number of alkyl halides is 2. The molecule has 7 heteroatoms. The highest BCUT2D eigenvalue weighted by Gasteiger charge is 2.32. The lowest BCUT2D eigenvalue weighted by Gasteiger charge is -2.27.